The second kappa shape index (κ2) is 9.03. The summed E-state index contributed by atoms with van der Waals surface area (Å²) in [5.74, 6) is -0.432. The normalized spacial score (nSPS) is 15.0. The number of anilines is 1. The second-order valence-corrected chi connectivity index (χ2v) is 8.19. The molecule has 1 aromatic heterocycles. The third-order valence-corrected chi connectivity index (χ3v) is 6.20. The lowest BCUT2D eigenvalue weighted by Gasteiger charge is -2.25. The van der Waals surface area contributed by atoms with E-state index in [4.69, 9.17) is 4.74 Å². The van der Waals surface area contributed by atoms with E-state index in [1.54, 1.807) is 12.1 Å². The number of amides is 1. The molecule has 1 saturated heterocycles. The van der Waals surface area contributed by atoms with Gasteiger partial charge in [-0.3, -0.25) is 14.9 Å². The molecule has 0 spiro atoms. The van der Waals surface area contributed by atoms with Crippen LogP contribution < -0.4 is 10.6 Å². The number of nitrogens with zero attached hydrogens (tertiary/aromatic N) is 2. The summed E-state index contributed by atoms with van der Waals surface area (Å²) in [6.45, 7) is 1.92. The van der Waals surface area contributed by atoms with E-state index in [1.807, 2.05) is 0 Å². The molecule has 1 aromatic carbocycles. The van der Waals surface area contributed by atoms with E-state index in [2.05, 4.69) is 15.6 Å². The summed E-state index contributed by atoms with van der Waals surface area (Å²) < 4.78 is 31.6. The van der Waals surface area contributed by atoms with Gasteiger partial charge in [-0.25, -0.2) is 8.42 Å². The Labute approximate surface area is 167 Å². The van der Waals surface area contributed by atoms with Gasteiger partial charge in [0.1, 0.15) is 10.6 Å². The Balaban J connectivity index is 1.49. The van der Waals surface area contributed by atoms with E-state index in [1.165, 1.54) is 28.7 Å². The van der Waals surface area contributed by atoms with E-state index in [9.17, 15) is 23.3 Å². The highest BCUT2D eigenvalue weighted by atomic mass is 32.2. The molecule has 1 fully saturated rings. The van der Waals surface area contributed by atoms with Crippen LogP contribution in [0, 0.1) is 10.1 Å². The zero-order chi connectivity index (χ0) is 20.9. The Bertz CT molecular complexity index is 966. The summed E-state index contributed by atoms with van der Waals surface area (Å²) in [5, 5.41) is 16.3. The van der Waals surface area contributed by atoms with Crippen molar-refractivity contribution < 1.29 is 22.9 Å². The summed E-state index contributed by atoms with van der Waals surface area (Å²) in [6.07, 6.45) is 1.30. The minimum atomic E-state index is -3.66. The number of sulfonamides is 1. The standard InChI is InChI=1S/C17H21N5O6S/c23-17(19-6-5-18-13-1-3-14(4-2-13)22(24)25)16-11-15(12-20-16)29(26,27)21-7-9-28-10-8-21/h1-4,11-12,18,20H,5-10H2,(H,19,23). The van der Waals surface area contributed by atoms with Crippen molar-refractivity contribution in [2.75, 3.05) is 44.7 Å². The molecule has 11 nitrogen and oxygen atoms in total. The van der Waals surface area contributed by atoms with Gasteiger partial charge < -0.3 is 20.4 Å². The maximum Gasteiger partial charge on any atom is 0.269 e. The highest BCUT2D eigenvalue weighted by Crippen LogP contribution is 2.18. The van der Waals surface area contributed by atoms with Gasteiger partial charge in [0.15, 0.2) is 0 Å². The van der Waals surface area contributed by atoms with Crippen LogP contribution in [-0.4, -0.2) is 67.9 Å². The van der Waals surface area contributed by atoms with Crippen LogP contribution in [0.15, 0.2) is 41.4 Å². The maximum atomic E-state index is 12.6. The molecule has 2 heterocycles. The number of morpholine rings is 1. The first-order valence-corrected chi connectivity index (χ1v) is 10.3. The molecule has 0 saturated carbocycles. The first-order valence-electron chi connectivity index (χ1n) is 8.91. The number of rotatable bonds is 8. The summed E-state index contributed by atoms with van der Waals surface area (Å²) in [4.78, 5) is 25.1. The SMILES string of the molecule is O=C(NCCNc1ccc([N+](=O)[O-])cc1)c1cc(S(=O)(=O)N2CCOCC2)c[nH]1. The lowest BCUT2D eigenvalue weighted by molar-refractivity contribution is -0.384. The van der Waals surface area contributed by atoms with Crippen LogP contribution >= 0.6 is 0 Å². The van der Waals surface area contributed by atoms with Crippen molar-refractivity contribution in [3.8, 4) is 0 Å². The van der Waals surface area contributed by atoms with E-state index in [-0.39, 0.29) is 35.9 Å². The number of carbonyl (C=O) groups excluding carboxylic acids is 1. The molecule has 12 heteroatoms. The number of carbonyl (C=O) groups is 1. The van der Waals surface area contributed by atoms with Gasteiger partial charge in [-0.15, -0.1) is 0 Å². The molecule has 29 heavy (non-hydrogen) atoms. The van der Waals surface area contributed by atoms with Gasteiger partial charge in [0.05, 0.1) is 18.1 Å². The number of benzene rings is 1. The highest BCUT2D eigenvalue weighted by Gasteiger charge is 2.27. The van der Waals surface area contributed by atoms with Crippen molar-refractivity contribution in [3.63, 3.8) is 0 Å². The summed E-state index contributed by atoms with van der Waals surface area (Å²) >= 11 is 0. The number of aromatic nitrogens is 1. The minimum Gasteiger partial charge on any atom is -0.383 e. The molecular weight excluding hydrogens is 402 g/mol. The van der Waals surface area contributed by atoms with Gasteiger partial charge in [-0.05, 0) is 18.2 Å². The number of H-pyrrole nitrogens is 1. The van der Waals surface area contributed by atoms with E-state index < -0.39 is 20.9 Å². The number of hydrogen-bond acceptors (Lipinski definition) is 7. The molecule has 3 rings (SSSR count). The minimum absolute atomic E-state index is 0.00145. The van der Waals surface area contributed by atoms with Crippen LogP contribution in [0.25, 0.3) is 0 Å². The Morgan fingerprint density at radius 3 is 2.55 bits per heavy atom. The molecule has 0 radical (unpaired) electrons. The van der Waals surface area contributed by atoms with E-state index in [0.717, 1.165) is 0 Å². The highest BCUT2D eigenvalue weighted by molar-refractivity contribution is 7.89. The molecule has 1 amide bonds. The molecule has 0 aliphatic carbocycles. The molecule has 3 N–H and O–H groups in total. The average Bonchev–Trinajstić information content (AvgIpc) is 3.23. The monoisotopic (exact) mass is 423 g/mol. The first kappa shape index (κ1) is 20.8. The van der Waals surface area contributed by atoms with Crippen LogP contribution in [0.4, 0.5) is 11.4 Å². The molecule has 0 unspecified atom stereocenters. The Hall–Kier alpha value is -2.96. The van der Waals surface area contributed by atoms with Crippen LogP contribution in [-0.2, 0) is 14.8 Å². The van der Waals surface area contributed by atoms with Crippen LogP contribution in [0.5, 0.6) is 0 Å². The fraction of sp³-hybridized carbons (Fsp3) is 0.353. The molecule has 1 aliphatic heterocycles. The Kier molecular flexibility index (Phi) is 6.46. The third-order valence-electron chi connectivity index (χ3n) is 4.33. The predicted octanol–water partition coefficient (Wildman–Crippen LogP) is 0.786. The summed E-state index contributed by atoms with van der Waals surface area (Å²) in [5.41, 5.74) is 0.828. The molecule has 1 aliphatic rings. The lowest BCUT2D eigenvalue weighted by atomic mass is 10.3. The van der Waals surface area contributed by atoms with Crippen molar-refractivity contribution in [2.24, 2.45) is 0 Å². The fourth-order valence-electron chi connectivity index (χ4n) is 2.77. The predicted molar refractivity (Wildman–Crippen MR) is 104 cm³/mol. The van der Waals surface area contributed by atoms with Crippen LogP contribution in [0.1, 0.15) is 10.5 Å². The molecule has 2 aromatic rings. The molecular formula is C17H21N5O6S. The van der Waals surface area contributed by atoms with Crippen molar-refractivity contribution in [1.29, 1.82) is 0 Å². The number of ether oxygens (including phenoxy) is 1. The first-order chi connectivity index (χ1) is 13.9. The fourth-order valence-corrected chi connectivity index (χ4v) is 4.17. The molecule has 156 valence electrons. The Morgan fingerprint density at radius 1 is 1.21 bits per heavy atom. The number of nitro benzene ring substituents is 1. The zero-order valence-electron chi connectivity index (χ0n) is 15.5. The second-order valence-electron chi connectivity index (χ2n) is 6.25. The maximum absolute atomic E-state index is 12.6. The van der Waals surface area contributed by atoms with Crippen molar-refractivity contribution >= 4 is 27.3 Å². The van der Waals surface area contributed by atoms with E-state index in [0.29, 0.717) is 25.4 Å². The number of aromatic amines is 1. The Morgan fingerprint density at radius 2 is 1.90 bits per heavy atom. The van der Waals surface area contributed by atoms with Gasteiger partial charge in [-0.2, -0.15) is 4.31 Å². The third kappa shape index (κ3) is 5.10. The summed E-state index contributed by atoms with van der Waals surface area (Å²) in [6, 6.07) is 7.23. The molecule has 0 bridgehead atoms. The lowest BCUT2D eigenvalue weighted by Crippen LogP contribution is -2.40. The number of hydrogen-bond donors (Lipinski definition) is 3. The number of nitro groups is 1. The average molecular weight is 423 g/mol. The van der Waals surface area contributed by atoms with Crippen molar-refractivity contribution in [2.45, 2.75) is 4.90 Å². The number of non-ortho nitro benzene ring substituents is 1. The smallest absolute Gasteiger partial charge is 0.269 e. The quantitative estimate of drug-likeness (QED) is 0.323. The van der Waals surface area contributed by atoms with Gasteiger partial charge in [0.25, 0.3) is 11.6 Å². The van der Waals surface area contributed by atoms with Crippen molar-refractivity contribution in [3.05, 3.63) is 52.3 Å². The topological polar surface area (TPSA) is 147 Å². The summed E-state index contributed by atoms with van der Waals surface area (Å²) in [7, 11) is -3.66. The van der Waals surface area contributed by atoms with E-state index >= 15 is 0 Å². The van der Waals surface area contributed by atoms with Crippen molar-refractivity contribution in [1.82, 2.24) is 14.6 Å². The number of nitrogens with one attached hydrogen (secondary N) is 3. The van der Waals surface area contributed by atoms with Gasteiger partial charge in [0, 0.05) is 50.2 Å². The van der Waals surface area contributed by atoms with Crippen LogP contribution in [0.2, 0.25) is 0 Å². The van der Waals surface area contributed by atoms with Gasteiger partial charge >= 0.3 is 0 Å². The zero-order valence-corrected chi connectivity index (χ0v) is 16.3. The van der Waals surface area contributed by atoms with Crippen LogP contribution in [0.3, 0.4) is 0 Å². The largest absolute Gasteiger partial charge is 0.383 e. The van der Waals surface area contributed by atoms with Gasteiger partial charge in [0.2, 0.25) is 10.0 Å². The molecule has 0 atom stereocenters. The van der Waals surface area contributed by atoms with Gasteiger partial charge in [-0.1, -0.05) is 0 Å².